The average Bonchev–Trinajstić information content (AvgIpc) is 2.04. The van der Waals surface area contributed by atoms with Gasteiger partial charge in [-0.15, -0.1) is 0 Å². The van der Waals surface area contributed by atoms with Crippen molar-refractivity contribution in [3.63, 3.8) is 0 Å². The Morgan fingerprint density at radius 3 is 2.21 bits per heavy atom. The van der Waals surface area contributed by atoms with E-state index in [4.69, 9.17) is 0 Å². The third-order valence-corrected chi connectivity index (χ3v) is 2.60. The quantitative estimate of drug-likeness (QED) is 0.588. The van der Waals surface area contributed by atoms with Gasteiger partial charge in [-0.05, 0) is 24.6 Å². The van der Waals surface area contributed by atoms with Crippen LogP contribution in [0.1, 0.15) is 12.0 Å². The minimum Gasteiger partial charge on any atom is -0.811 e. The molecule has 0 radical (unpaired) electrons. The first kappa shape index (κ1) is 14.0. The Morgan fingerprint density at radius 2 is 1.71 bits per heavy atom. The monoisotopic (exact) mass is 262 g/mol. The van der Waals surface area contributed by atoms with Crippen molar-refractivity contribution in [1.82, 2.24) is 0 Å². The molecule has 1 rings (SSSR count). The van der Waals surface area contributed by atoms with Crippen LogP contribution in [0.15, 0.2) is 30.3 Å². The van der Waals surface area contributed by atoms with Crippen LogP contribution in [0, 0.1) is 0 Å². The summed E-state index contributed by atoms with van der Waals surface area (Å²) in [5.74, 6) is 0. The molecule has 0 aromatic heterocycles. The molecule has 0 aliphatic heterocycles. The van der Waals surface area contributed by atoms with E-state index < -0.39 is 7.60 Å². The fourth-order valence-corrected chi connectivity index (χ4v) is 1.67. The van der Waals surface area contributed by atoms with Gasteiger partial charge in [-0.25, -0.2) is 0 Å². The van der Waals surface area contributed by atoms with Crippen molar-refractivity contribution in [2.45, 2.75) is 12.8 Å². The third kappa shape index (κ3) is 6.45. The van der Waals surface area contributed by atoms with Gasteiger partial charge in [0.1, 0.15) is 0 Å². The van der Waals surface area contributed by atoms with Gasteiger partial charge in [-0.3, -0.25) is 0 Å². The summed E-state index contributed by atoms with van der Waals surface area (Å²) in [4.78, 5) is 20.6. The molecule has 0 heterocycles. The predicted octanol–water partition coefficient (Wildman–Crippen LogP) is 0.530. The van der Waals surface area contributed by atoms with Crippen molar-refractivity contribution < 1.29 is 33.8 Å². The van der Waals surface area contributed by atoms with Gasteiger partial charge in [0, 0.05) is 0 Å². The fraction of sp³-hybridized carbons (Fsp3) is 0.333. The Kier molecular flexibility index (Phi) is 6.47. The fourth-order valence-electron chi connectivity index (χ4n) is 1.12. The second-order valence-corrected chi connectivity index (χ2v) is 4.59. The van der Waals surface area contributed by atoms with Gasteiger partial charge in [0.2, 0.25) is 0 Å². The Labute approximate surface area is 96.5 Å². The van der Waals surface area contributed by atoms with Gasteiger partial charge in [-0.2, -0.15) is 0 Å². The molecule has 0 saturated carbocycles. The number of hydrogen-bond acceptors (Lipinski definition) is 3. The van der Waals surface area contributed by atoms with Crippen LogP contribution in [0.2, 0.25) is 0 Å². The molecule has 0 saturated heterocycles. The average molecular weight is 264 g/mol. The van der Waals surface area contributed by atoms with Gasteiger partial charge >= 0.3 is 19.5 Å². The Morgan fingerprint density at radius 1 is 1.14 bits per heavy atom. The summed E-state index contributed by atoms with van der Waals surface area (Å²) < 4.78 is 10.3. The summed E-state index contributed by atoms with van der Waals surface area (Å²) in [6.07, 6.45) is 0.811. The maximum absolute atomic E-state index is 10.3. The van der Waals surface area contributed by atoms with Gasteiger partial charge in [0.25, 0.3) is 0 Å². The molecule has 0 N–H and O–H groups in total. The van der Waals surface area contributed by atoms with Crippen molar-refractivity contribution in [3.05, 3.63) is 35.9 Å². The van der Waals surface area contributed by atoms with E-state index in [2.05, 4.69) is 0 Å². The molecule has 0 aliphatic carbocycles. The topological polar surface area (TPSA) is 63.2 Å². The first-order chi connectivity index (χ1) is 6.08. The summed E-state index contributed by atoms with van der Waals surface area (Å²) in [6, 6.07) is 9.52. The van der Waals surface area contributed by atoms with Crippen LogP contribution in [0.25, 0.3) is 0 Å². The molecule has 0 aliphatic rings. The zero-order valence-electron chi connectivity index (χ0n) is 7.89. The molecule has 14 heavy (non-hydrogen) atoms. The van der Waals surface area contributed by atoms with Crippen LogP contribution >= 0.6 is 7.60 Å². The molecule has 0 bridgehead atoms. The van der Waals surface area contributed by atoms with Gasteiger partial charge in [0.15, 0.2) is 0 Å². The summed E-state index contributed by atoms with van der Waals surface area (Å²) in [7, 11) is -4.30. The Hall–Kier alpha value is -0.00662. The SMILES string of the molecule is O=P([O-])([O-])CCCc1ccccc1.[Zn+2]. The Balaban J connectivity index is 0.00000169. The zero-order chi connectivity index (χ0) is 9.73. The smallest absolute Gasteiger partial charge is 0.811 e. The number of hydrogen-bond donors (Lipinski definition) is 0. The molecular formula is C9H11O3PZn. The predicted molar refractivity (Wildman–Crippen MR) is 47.2 cm³/mol. The van der Waals surface area contributed by atoms with Crippen molar-refractivity contribution in [2.24, 2.45) is 0 Å². The van der Waals surface area contributed by atoms with E-state index in [1.165, 1.54) is 0 Å². The maximum Gasteiger partial charge on any atom is 2.00 e. The van der Waals surface area contributed by atoms with Gasteiger partial charge < -0.3 is 14.4 Å². The summed E-state index contributed by atoms with van der Waals surface area (Å²) in [5.41, 5.74) is 1.07. The minimum atomic E-state index is -4.30. The van der Waals surface area contributed by atoms with Crippen LogP contribution in [0.5, 0.6) is 0 Å². The summed E-state index contributed by atoms with van der Waals surface area (Å²) in [5, 5.41) is 0. The number of benzene rings is 1. The van der Waals surface area contributed by atoms with E-state index in [1.54, 1.807) is 0 Å². The van der Waals surface area contributed by atoms with E-state index >= 15 is 0 Å². The van der Waals surface area contributed by atoms with E-state index in [0.717, 1.165) is 5.56 Å². The molecule has 0 atom stereocenters. The van der Waals surface area contributed by atoms with E-state index in [-0.39, 0.29) is 25.6 Å². The van der Waals surface area contributed by atoms with Crippen molar-refractivity contribution in [2.75, 3.05) is 6.16 Å². The first-order valence-corrected chi connectivity index (χ1v) is 5.86. The second-order valence-electron chi connectivity index (χ2n) is 2.92. The van der Waals surface area contributed by atoms with E-state index in [1.807, 2.05) is 30.3 Å². The van der Waals surface area contributed by atoms with Gasteiger partial charge in [0.05, 0.1) is 0 Å². The molecule has 3 nitrogen and oxygen atoms in total. The second kappa shape index (κ2) is 6.47. The molecule has 0 amide bonds. The van der Waals surface area contributed by atoms with E-state index in [0.29, 0.717) is 12.8 Å². The Bertz CT molecular complexity index is 296. The number of aryl methyl sites for hydroxylation is 1. The normalized spacial score (nSPS) is 10.7. The van der Waals surface area contributed by atoms with Crippen molar-refractivity contribution in [3.8, 4) is 0 Å². The molecule has 0 unspecified atom stereocenters. The molecule has 0 spiro atoms. The molecule has 1 aromatic rings. The third-order valence-electron chi connectivity index (χ3n) is 1.74. The largest absolute Gasteiger partial charge is 2.00 e. The molecular weight excluding hydrogens is 252 g/mol. The minimum absolute atomic E-state index is 0. The molecule has 72 valence electrons. The van der Waals surface area contributed by atoms with Crippen LogP contribution < -0.4 is 9.79 Å². The number of rotatable bonds is 4. The van der Waals surface area contributed by atoms with Gasteiger partial charge in [-0.1, -0.05) is 37.9 Å². The summed E-state index contributed by atoms with van der Waals surface area (Å²) in [6.45, 7) is 0. The standard InChI is InChI=1S/C9H13O3P.Zn/c10-13(11,12)8-4-7-9-5-2-1-3-6-9;/h1-3,5-6H,4,7-8H2,(H2,10,11,12);/q;+2/p-2. The maximum atomic E-state index is 10.3. The molecule has 5 heteroatoms. The van der Waals surface area contributed by atoms with Crippen LogP contribution in [0.4, 0.5) is 0 Å². The van der Waals surface area contributed by atoms with E-state index in [9.17, 15) is 14.4 Å². The zero-order valence-corrected chi connectivity index (χ0v) is 11.7. The van der Waals surface area contributed by atoms with Crippen molar-refractivity contribution >= 4 is 7.60 Å². The van der Waals surface area contributed by atoms with Crippen LogP contribution in [0.3, 0.4) is 0 Å². The molecule has 0 fully saturated rings. The first-order valence-electron chi connectivity index (χ1n) is 4.13. The van der Waals surface area contributed by atoms with Crippen LogP contribution in [-0.2, 0) is 30.5 Å². The van der Waals surface area contributed by atoms with Crippen molar-refractivity contribution in [1.29, 1.82) is 0 Å². The summed E-state index contributed by atoms with van der Waals surface area (Å²) >= 11 is 0. The molecule has 1 aromatic carbocycles. The van der Waals surface area contributed by atoms with Crippen LogP contribution in [-0.4, -0.2) is 6.16 Å².